The molecule has 0 unspecified atom stereocenters. The first kappa shape index (κ1) is 13.8. The minimum absolute atomic E-state index is 0.128. The van der Waals surface area contributed by atoms with Gasteiger partial charge in [0.15, 0.2) is 0 Å². The van der Waals surface area contributed by atoms with Crippen molar-refractivity contribution in [3.8, 4) is 5.75 Å². The third kappa shape index (κ3) is 2.87. The van der Waals surface area contributed by atoms with Crippen LogP contribution >= 0.6 is 15.9 Å². The Bertz CT molecular complexity index is 596. The summed E-state index contributed by atoms with van der Waals surface area (Å²) in [5.41, 5.74) is 6.90. The lowest BCUT2D eigenvalue weighted by atomic mass is 10.2. The monoisotopic (exact) mass is 327 g/mol. The molecule has 2 nitrogen and oxygen atoms in total. The van der Waals surface area contributed by atoms with E-state index in [9.17, 15) is 8.78 Å². The van der Waals surface area contributed by atoms with Gasteiger partial charge in [-0.3, -0.25) is 0 Å². The van der Waals surface area contributed by atoms with Crippen molar-refractivity contribution in [1.29, 1.82) is 0 Å². The van der Waals surface area contributed by atoms with Crippen LogP contribution in [0.2, 0.25) is 0 Å². The zero-order valence-electron chi connectivity index (χ0n) is 10.2. The number of anilines is 1. The molecule has 0 atom stereocenters. The van der Waals surface area contributed by atoms with Crippen molar-refractivity contribution in [3.05, 3.63) is 57.6 Å². The van der Waals surface area contributed by atoms with E-state index in [1.807, 2.05) is 13.0 Å². The fraction of sp³-hybridized carbons (Fsp3) is 0.143. The van der Waals surface area contributed by atoms with Crippen LogP contribution < -0.4 is 10.5 Å². The number of rotatable bonds is 3. The standard InChI is InChI=1S/C14H12BrF2NO/c1-8-3-2-4-12(18)14(8)19-7-9-11(16)6-5-10(15)13(9)17/h2-6H,7,18H2,1H3. The Hall–Kier alpha value is -1.62. The summed E-state index contributed by atoms with van der Waals surface area (Å²) in [5, 5.41) is 0. The Balaban J connectivity index is 2.27. The van der Waals surface area contributed by atoms with Crippen LogP contribution in [0.5, 0.6) is 5.75 Å². The molecule has 0 aromatic heterocycles. The Morgan fingerprint density at radius 2 is 1.95 bits per heavy atom. The van der Waals surface area contributed by atoms with Crippen LogP contribution in [-0.2, 0) is 6.61 Å². The maximum Gasteiger partial charge on any atom is 0.146 e. The number of benzene rings is 2. The van der Waals surface area contributed by atoms with Gasteiger partial charge in [0.25, 0.3) is 0 Å². The average Bonchev–Trinajstić information content (AvgIpc) is 2.37. The Kier molecular flexibility index (Phi) is 4.04. The van der Waals surface area contributed by atoms with Crippen LogP contribution in [-0.4, -0.2) is 0 Å². The highest BCUT2D eigenvalue weighted by molar-refractivity contribution is 9.10. The van der Waals surface area contributed by atoms with E-state index < -0.39 is 11.6 Å². The van der Waals surface area contributed by atoms with Gasteiger partial charge in [-0.2, -0.15) is 0 Å². The van der Waals surface area contributed by atoms with Gasteiger partial charge in [0.1, 0.15) is 24.0 Å². The molecular weight excluding hydrogens is 316 g/mol. The van der Waals surface area contributed by atoms with E-state index in [4.69, 9.17) is 10.5 Å². The van der Waals surface area contributed by atoms with Crippen molar-refractivity contribution in [2.45, 2.75) is 13.5 Å². The highest BCUT2D eigenvalue weighted by Crippen LogP contribution is 2.28. The molecule has 0 aliphatic heterocycles. The molecule has 2 aromatic carbocycles. The van der Waals surface area contributed by atoms with Gasteiger partial charge in [-0.25, -0.2) is 8.78 Å². The van der Waals surface area contributed by atoms with Crippen LogP contribution in [0.4, 0.5) is 14.5 Å². The van der Waals surface area contributed by atoms with Gasteiger partial charge in [-0.15, -0.1) is 0 Å². The Morgan fingerprint density at radius 1 is 1.21 bits per heavy atom. The molecule has 100 valence electrons. The quantitative estimate of drug-likeness (QED) is 0.677. The summed E-state index contributed by atoms with van der Waals surface area (Å²) in [6.45, 7) is 1.60. The molecule has 0 aliphatic carbocycles. The van der Waals surface area contributed by atoms with Crippen LogP contribution in [0.25, 0.3) is 0 Å². The lowest BCUT2D eigenvalue weighted by Gasteiger charge is -2.13. The molecule has 0 saturated heterocycles. The molecule has 0 spiro atoms. The number of nitrogens with two attached hydrogens (primary N) is 1. The van der Waals surface area contributed by atoms with Crippen LogP contribution in [0, 0.1) is 18.6 Å². The molecule has 5 heteroatoms. The summed E-state index contributed by atoms with van der Waals surface area (Å²) < 4.78 is 33.0. The number of para-hydroxylation sites is 1. The van der Waals surface area contributed by atoms with Gasteiger partial charge >= 0.3 is 0 Å². The molecule has 0 aliphatic rings. The molecule has 2 rings (SSSR count). The minimum Gasteiger partial charge on any atom is -0.486 e. The zero-order chi connectivity index (χ0) is 14.0. The second-order valence-electron chi connectivity index (χ2n) is 4.10. The summed E-state index contributed by atoms with van der Waals surface area (Å²) in [5.74, 6) is -0.860. The third-order valence-electron chi connectivity index (χ3n) is 2.74. The predicted octanol–water partition coefficient (Wildman–Crippen LogP) is 4.20. The average molecular weight is 328 g/mol. The summed E-state index contributed by atoms with van der Waals surface area (Å²) >= 11 is 3.01. The first-order chi connectivity index (χ1) is 9.00. The first-order valence-corrected chi connectivity index (χ1v) is 6.40. The molecule has 0 radical (unpaired) electrons. The number of nitrogen functional groups attached to an aromatic ring is 1. The van der Waals surface area contributed by atoms with Gasteiger partial charge < -0.3 is 10.5 Å². The Labute approximate surface area is 118 Å². The molecule has 0 heterocycles. The van der Waals surface area contributed by atoms with Gasteiger partial charge in [0, 0.05) is 0 Å². The minimum atomic E-state index is -0.660. The van der Waals surface area contributed by atoms with Crippen molar-refractivity contribution >= 4 is 21.6 Å². The molecule has 0 bridgehead atoms. The number of ether oxygens (including phenoxy) is 1. The van der Waals surface area contributed by atoms with Crippen LogP contribution in [0.3, 0.4) is 0 Å². The Morgan fingerprint density at radius 3 is 2.63 bits per heavy atom. The third-order valence-corrected chi connectivity index (χ3v) is 3.35. The topological polar surface area (TPSA) is 35.2 Å². The van der Waals surface area contributed by atoms with Gasteiger partial charge in [0.2, 0.25) is 0 Å². The van der Waals surface area contributed by atoms with E-state index in [0.717, 1.165) is 5.56 Å². The van der Waals surface area contributed by atoms with Crippen molar-refractivity contribution in [1.82, 2.24) is 0 Å². The molecule has 0 fully saturated rings. The van der Waals surface area contributed by atoms with Gasteiger partial charge in [-0.1, -0.05) is 12.1 Å². The fourth-order valence-corrected chi connectivity index (χ4v) is 2.09. The fourth-order valence-electron chi connectivity index (χ4n) is 1.72. The maximum atomic E-state index is 13.8. The summed E-state index contributed by atoms with van der Waals surface area (Å²) in [6, 6.07) is 7.79. The predicted molar refractivity (Wildman–Crippen MR) is 74.0 cm³/mol. The van der Waals surface area contributed by atoms with Crippen LogP contribution in [0.1, 0.15) is 11.1 Å². The van der Waals surface area contributed by atoms with E-state index in [1.54, 1.807) is 12.1 Å². The largest absolute Gasteiger partial charge is 0.486 e. The van der Waals surface area contributed by atoms with Crippen molar-refractivity contribution in [3.63, 3.8) is 0 Å². The summed E-state index contributed by atoms with van der Waals surface area (Å²) in [4.78, 5) is 0. The SMILES string of the molecule is Cc1cccc(N)c1OCc1c(F)ccc(Br)c1F. The second kappa shape index (κ2) is 5.57. The molecular formula is C14H12BrF2NO. The second-order valence-corrected chi connectivity index (χ2v) is 4.96. The lowest BCUT2D eigenvalue weighted by molar-refractivity contribution is 0.292. The molecule has 19 heavy (non-hydrogen) atoms. The van der Waals surface area contributed by atoms with Crippen molar-refractivity contribution in [2.24, 2.45) is 0 Å². The molecule has 0 saturated carbocycles. The van der Waals surface area contributed by atoms with Gasteiger partial charge in [0.05, 0.1) is 15.7 Å². The van der Waals surface area contributed by atoms with E-state index in [2.05, 4.69) is 15.9 Å². The zero-order valence-corrected chi connectivity index (χ0v) is 11.8. The number of aryl methyl sites for hydroxylation is 1. The normalized spacial score (nSPS) is 10.5. The van der Waals surface area contributed by atoms with E-state index in [1.165, 1.54) is 12.1 Å². The lowest BCUT2D eigenvalue weighted by Crippen LogP contribution is -2.05. The first-order valence-electron chi connectivity index (χ1n) is 5.61. The van der Waals surface area contributed by atoms with E-state index >= 15 is 0 Å². The number of hydrogen-bond acceptors (Lipinski definition) is 2. The number of halogens is 3. The number of hydrogen-bond donors (Lipinski definition) is 1. The molecule has 0 amide bonds. The van der Waals surface area contributed by atoms with Crippen LogP contribution in [0.15, 0.2) is 34.8 Å². The highest BCUT2D eigenvalue weighted by Gasteiger charge is 2.14. The molecule has 2 aromatic rings. The van der Waals surface area contributed by atoms with E-state index in [0.29, 0.717) is 11.4 Å². The summed E-state index contributed by atoms with van der Waals surface area (Å²) in [6.07, 6.45) is 0. The maximum absolute atomic E-state index is 13.8. The summed E-state index contributed by atoms with van der Waals surface area (Å²) in [7, 11) is 0. The van der Waals surface area contributed by atoms with Crippen molar-refractivity contribution in [2.75, 3.05) is 5.73 Å². The molecule has 2 N–H and O–H groups in total. The smallest absolute Gasteiger partial charge is 0.146 e. The van der Waals surface area contributed by atoms with Crippen molar-refractivity contribution < 1.29 is 13.5 Å². The highest BCUT2D eigenvalue weighted by atomic mass is 79.9. The van der Waals surface area contributed by atoms with Gasteiger partial charge in [-0.05, 0) is 46.6 Å². The van der Waals surface area contributed by atoms with E-state index in [-0.39, 0.29) is 16.6 Å².